The molecule has 19 heavy (non-hydrogen) atoms. The summed E-state index contributed by atoms with van der Waals surface area (Å²) in [7, 11) is 0. The van der Waals surface area contributed by atoms with Crippen molar-refractivity contribution in [2.75, 3.05) is 31.1 Å². The summed E-state index contributed by atoms with van der Waals surface area (Å²) in [5, 5.41) is 0.724. The molecule has 5 heteroatoms. The van der Waals surface area contributed by atoms with Crippen molar-refractivity contribution in [3.63, 3.8) is 0 Å². The van der Waals surface area contributed by atoms with Crippen molar-refractivity contribution in [1.82, 2.24) is 9.88 Å². The Labute approximate surface area is 117 Å². The van der Waals surface area contributed by atoms with E-state index in [-0.39, 0.29) is 0 Å². The van der Waals surface area contributed by atoms with Crippen LogP contribution in [0.3, 0.4) is 0 Å². The Morgan fingerprint density at radius 3 is 2.74 bits per heavy atom. The van der Waals surface area contributed by atoms with Crippen LogP contribution in [-0.4, -0.2) is 36.1 Å². The van der Waals surface area contributed by atoms with Crippen molar-refractivity contribution in [2.24, 2.45) is 0 Å². The first-order chi connectivity index (χ1) is 9.33. The number of aromatic nitrogens is 1. The number of pyridine rings is 1. The number of anilines is 1. The van der Waals surface area contributed by atoms with E-state index < -0.39 is 0 Å². The lowest BCUT2D eigenvalue weighted by Crippen LogP contribution is -2.46. The summed E-state index contributed by atoms with van der Waals surface area (Å²) in [6.45, 7) is 4.86. The summed E-state index contributed by atoms with van der Waals surface area (Å²) in [6.07, 6.45) is 5.21. The Kier molecular flexibility index (Phi) is 3.71. The molecule has 1 aliphatic rings. The van der Waals surface area contributed by atoms with Crippen molar-refractivity contribution >= 4 is 17.3 Å². The molecule has 0 aromatic carbocycles. The van der Waals surface area contributed by atoms with Gasteiger partial charge in [0.25, 0.3) is 0 Å². The maximum Gasteiger partial charge on any atom is 0.117 e. The molecule has 2 aromatic rings. The zero-order valence-electron chi connectivity index (χ0n) is 10.6. The molecule has 0 saturated carbocycles. The van der Waals surface area contributed by atoms with Crippen LogP contribution in [0.15, 0.2) is 41.3 Å². The molecule has 3 heterocycles. The Morgan fingerprint density at radius 1 is 1.21 bits per heavy atom. The highest BCUT2D eigenvalue weighted by molar-refractivity contribution is 6.33. The molecular weight excluding hydrogens is 262 g/mol. The summed E-state index contributed by atoms with van der Waals surface area (Å²) in [6, 6.07) is 5.93. The molecule has 0 radical (unpaired) electrons. The van der Waals surface area contributed by atoms with Gasteiger partial charge in [-0.15, -0.1) is 0 Å². The van der Waals surface area contributed by atoms with Crippen LogP contribution < -0.4 is 4.90 Å². The van der Waals surface area contributed by atoms with Gasteiger partial charge in [0.15, 0.2) is 0 Å². The van der Waals surface area contributed by atoms with Crippen molar-refractivity contribution < 1.29 is 4.42 Å². The zero-order valence-corrected chi connectivity index (χ0v) is 11.4. The normalized spacial score (nSPS) is 16.8. The lowest BCUT2D eigenvalue weighted by atomic mass is 10.2. The fraction of sp³-hybridized carbons (Fsp3) is 0.357. The maximum absolute atomic E-state index is 6.18. The minimum atomic E-state index is 0.724. The number of nitrogens with zero attached hydrogens (tertiary/aromatic N) is 3. The molecule has 3 rings (SSSR count). The van der Waals surface area contributed by atoms with Crippen LogP contribution >= 0.6 is 11.6 Å². The second kappa shape index (κ2) is 5.63. The molecule has 1 aliphatic heterocycles. The van der Waals surface area contributed by atoms with Crippen LogP contribution in [0, 0.1) is 0 Å². The van der Waals surface area contributed by atoms with Crippen LogP contribution in [0.25, 0.3) is 0 Å². The standard InChI is InChI=1S/C14H16ClN3O/c15-13-10-16-4-3-14(13)18-7-5-17(6-8-18)11-12-2-1-9-19-12/h1-4,9-10H,5-8,11H2. The maximum atomic E-state index is 6.18. The molecule has 0 unspecified atom stereocenters. The number of rotatable bonds is 3. The van der Waals surface area contributed by atoms with Gasteiger partial charge >= 0.3 is 0 Å². The summed E-state index contributed by atoms with van der Waals surface area (Å²) in [4.78, 5) is 8.72. The van der Waals surface area contributed by atoms with Crippen molar-refractivity contribution in [3.8, 4) is 0 Å². The molecule has 0 aliphatic carbocycles. The summed E-state index contributed by atoms with van der Waals surface area (Å²) >= 11 is 6.18. The molecule has 1 fully saturated rings. The molecule has 0 bridgehead atoms. The van der Waals surface area contributed by atoms with E-state index >= 15 is 0 Å². The van der Waals surface area contributed by atoms with Gasteiger partial charge in [-0.2, -0.15) is 0 Å². The number of furan rings is 1. The Bertz CT molecular complexity index is 521. The summed E-state index contributed by atoms with van der Waals surface area (Å²) in [5.74, 6) is 1.02. The zero-order chi connectivity index (χ0) is 13.1. The van der Waals surface area contributed by atoms with Gasteiger partial charge in [-0.05, 0) is 18.2 Å². The second-order valence-electron chi connectivity index (χ2n) is 4.67. The van der Waals surface area contributed by atoms with Gasteiger partial charge in [0.1, 0.15) is 5.76 Å². The van der Waals surface area contributed by atoms with E-state index in [2.05, 4.69) is 14.8 Å². The first kappa shape index (κ1) is 12.5. The van der Waals surface area contributed by atoms with E-state index in [1.165, 1.54) is 0 Å². The van der Waals surface area contributed by atoms with Gasteiger partial charge < -0.3 is 9.32 Å². The highest BCUT2D eigenvalue weighted by Gasteiger charge is 2.19. The van der Waals surface area contributed by atoms with Crippen molar-refractivity contribution in [2.45, 2.75) is 6.54 Å². The third-order valence-electron chi connectivity index (χ3n) is 3.42. The second-order valence-corrected chi connectivity index (χ2v) is 5.08. The van der Waals surface area contributed by atoms with Gasteiger partial charge in [0.2, 0.25) is 0 Å². The fourth-order valence-corrected chi connectivity index (χ4v) is 2.63. The quantitative estimate of drug-likeness (QED) is 0.863. The summed E-state index contributed by atoms with van der Waals surface area (Å²) in [5.41, 5.74) is 1.08. The molecule has 0 spiro atoms. The number of piperazine rings is 1. The van der Waals surface area contributed by atoms with E-state index in [1.54, 1.807) is 18.7 Å². The van der Waals surface area contributed by atoms with E-state index in [0.717, 1.165) is 49.2 Å². The third kappa shape index (κ3) is 2.91. The smallest absolute Gasteiger partial charge is 0.117 e. The minimum absolute atomic E-state index is 0.724. The fourth-order valence-electron chi connectivity index (χ4n) is 2.39. The molecule has 2 aromatic heterocycles. The highest BCUT2D eigenvalue weighted by atomic mass is 35.5. The average Bonchev–Trinajstić information content (AvgIpc) is 2.93. The van der Waals surface area contributed by atoms with Gasteiger partial charge in [0, 0.05) is 38.6 Å². The average molecular weight is 278 g/mol. The topological polar surface area (TPSA) is 32.5 Å². The molecule has 1 saturated heterocycles. The Morgan fingerprint density at radius 2 is 2.05 bits per heavy atom. The largest absolute Gasteiger partial charge is 0.468 e. The molecule has 0 atom stereocenters. The SMILES string of the molecule is Clc1cnccc1N1CCN(Cc2ccco2)CC1. The Hall–Kier alpha value is -1.52. The summed E-state index contributed by atoms with van der Waals surface area (Å²) < 4.78 is 5.38. The predicted molar refractivity (Wildman–Crippen MR) is 75.4 cm³/mol. The van der Waals surface area contributed by atoms with E-state index in [1.807, 2.05) is 18.2 Å². The minimum Gasteiger partial charge on any atom is -0.468 e. The van der Waals surface area contributed by atoms with Crippen LogP contribution in [0.5, 0.6) is 0 Å². The van der Waals surface area contributed by atoms with Crippen LogP contribution in [0.4, 0.5) is 5.69 Å². The molecule has 0 amide bonds. The third-order valence-corrected chi connectivity index (χ3v) is 3.71. The molecule has 0 N–H and O–H groups in total. The first-order valence-electron chi connectivity index (χ1n) is 6.42. The van der Waals surface area contributed by atoms with E-state index in [9.17, 15) is 0 Å². The van der Waals surface area contributed by atoms with Crippen LogP contribution in [0.2, 0.25) is 5.02 Å². The predicted octanol–water partition coefficient (Wildman–Crippen LogP) is 2.65. The monoisotopic (exact) mass is 277 g/mol. The molecule has 100 valence electrons. The first-order valence-corrected chi connectivity index (χ1v) is 6.80. The van der Waals surface area contributed by atoms with Gasteiger partial charge in [0.05, 0.1) is 23.5 Å². The van der Waals surface area contributed by atoms with Crippen LogP contribution in [0.1, 0.15) is 5.76 Å². The van der Waals surface area contributed by atoms with Gasteiger partial charge in [-0.25, -0.2) is 0 Å². The number of hydrogen-bond donors (Lipinski definition) is 0. The highest BCUT2D eigenvalue weighted by Crippen LogP contribution is 2.25. The number of hydrogen-bond acceptors (Lipinski definition) is 4. The van der Waals surface area contributed by atoms with E-state index in [4.69, 9.17) is 16.0 Å². The molecule has 4 nitrogen and oxygen atoms in total. The Balaban J connectivity index is 1.59. The van der Waals surface area contributed by atoms with E-state index in [0.29, 0.717) is 0 Å². The lowest BCUT2D eigenvalue weighted by molar-refractivity contribution is 0.230. The number of halogens is 1. The van der Waals surface area contributed by atoms with Crippen LogP contribution in [-0.2, 0) is 6.54 Å². The molecular formula is C14H16ClN3O. The van der Waals surface area contributed by atoms with Crippen molar-refractivity contribution in [1.29, 1.82) is 0 Å². The van der Waals surface area contributed by atoms with Crippen molar-refractivity contribution in [3.05, 3.63) is 47.6 Å². The van der Waals surface area contributed by atoms with Gasteiger partial charge in [-0.1, -0.05) is 11.6 Å². The lowest BCUT2D eigenvalue weighted by Gasteiger charge is -2.35. The van der Waals surface area contributed by atoms with Gasteiger partial charge in [-0.3, -0.25) is 9.88 Å².